The quantitative estimate of drug-likeness (QED) is 0.152. The third-order valence-corrected chi connectivity index (χ3v) is 5.88. The van der Waals surface area contributed by atoms with E-state index >= 15 is 0 Å². The summed E-state index contributed by atoms with van der Waals surface area (Å²) in [6, 6.07) is 13.9. The molecule has 3 aromatic rings. The van der Waals surface area contributed by atoms with Gasteiger partial charge in [-0.3, -0.25) is 14.4 Å². The molecule has 3 amide bonds. The molecule has 0 atom stereocenters. The van der Waals surface area contributed by atoms with Crippen LogP contribution >= 0.6 is 22.6 Å². The minimum Gasteiger partial charge on any atom is -0.493 e. The molecule has 0 aliphatic carbocycles. The number of carbonyl (C=O) groups excluding carboxylic acids is 3. The number of benzene rings is 3. The first-order valence-electron chi connectivity index (χ1n) is 10.9. The Kier molecular flexibility index (Phi) is 9.55. The second-order valence-corrected chi connectivity index (χ2v) is 8.99. The predicted octanol–water partition coefficient (Wildman–Crippen LogP) is 4.16. The van der Waals surface area contributed by atoms with Gasteiger partial charge < -0.3 is 20.1 Å². The van der Waals surface area contributed by atoms with Crippen LogP contribution in [0.3, 0.4) is 0 Å². The molecule has 3 N–H and O–H groups in total. The van der Waals surface area contributed by atoms with Gasteiger partial charge in [-0.25, -0.2) is 9.82 Å². The maximum atomic E-state index is 13.0. The minimum absolute atomic E-state index is 0.230. The number of nitrogens with one attached hydrogen (secondary N) is 3. The molecule has 0 unspecified atom stereocenters. The van der Waals surface area contributed by atoms with Crippen LogP contribution < -0.4 is 25.5 Å². The van der Waals surface area contributed by atoms with Gasteiger partial charge in [0.15, 0.2) is 18.1 Å². The zero-order chi connectivity index (χ0) is 26.9. The third kappa shape index (κ3) is 8.00. The number of hydrazone groups is 1. The number of amides is 3. The number of rotatable bonds is 8. The Morgan fingerprint density at radius 2 is 1.65 bits per heavy atom. The summed E-state index contributed by atoms with van der Waals surface area (Å²) in [6.45, 7) is 3.73. The number of halogens is 2. The smallest absolute Gasteiger partial charge is 0.329 e. The summed E-state index contributed by atoms with van der Waals surface area (Å²) in [6.07, 6.45) is 1.32. The first kappa shape index (κ1) is 27.6. The molecule has 0 fully saturated rings. The van der Waals surface area contributed by atoms with E-state index in [1.54, 1.807) is 12.1 Å². The van der Waals surface area contributed by atoms with Crippen LogP contribution in [-0.2, 0) is 14.4 Å². The lowest BCUT2D eigenvalue weighted by Gasteiger charge is -2.14. The number of methoxy groups -OCH3 is 1. The fraction of sp³-hybridized carbons (Fsp3) is 0.154. The van der Waals surface area contributed by atoms with Crippen molar-refractivity contribution >= 4 is 57.9 Å². The standard InChI is InChI=1S/C26H24FIN4O5/c1-15-4-7-20(10-16(15)2)30-23(33)14-37-24-21(28)11-17(12-22(24)36-3)13-29-32-26(35)25(34)31-19-8-5-18(27)6-9-19/h4-13H,14H2,1-3H3,(H,30,33)(H,31,34)(H,32,35)/b29-13-. The molecular weight excluding hydrogens is 594 g/mol. The van der Waals surface area contributed by atoms with E-state index in [2.05, 4.69) is 21.2 Å². The van der Waals surface area contributed by atoms with Crippen LogP contribution in [-0.4, -0.2) is 37.7 Å². The Morgan fingerprint density at radius 3 is 2.32 bits per heavy atom. The van der Waals surface area contributed by atoms with Gasteiger partial charge in [0.05, 0.1) is 16.9 Å². The summed E-state index contributed by atoms with van der Waals surface area (Å²) in [5.41, 5.74) is 5.81. The van der Waals surface area contributed by atoms with Crippen LogP contribution in [0.4, 0.5) is 15.8 Å². The molecule has 11 heteroatoms. The van der Waals surface area contributed by atoms with Crippen LogP contribution in [0, 0.1) is 23.2 Å². The van der Waals surface area contributed by atoms with E-state index in [0.717, 1.165) is 23.3 Å². The summed E-state index contributed by atoms with van der Waals surface area (Å²) in [5, 5.41) is 8.92. The Morgan fingerprint density at radius 1 is 0.946 bits per heavy atom. The first-order chi connectivity index (χ1) is 17.7. The average Bonchev–Trinajstić information content (AvgIpc) is 2.86. The zero-order valence-electron chi connectivity index (χ0n) is 20.2. The Bertz CT molecular complexity index is 1350. The number of anilines is 2. The number of nitrogens with zero attached hydrogens (tertiary/aromatic N) is 1. The van der Waals surface area contributed by atoms with Gasteiger partial charge in [0.25, 0.3) is 5.91 Å². The highest BCUT2D eigenvalue weighted by molar-refractivity contribution is 14.1. The SMILES string of the molecule is COc1cc(/C=N\NC(=O)C(=O)Nc2ccc(F)cc2)cc(I)c1OCC(=O)Nc1ccc(C)c(C)c1. The Labute approximate surface area is 226 Å². The molecule has 0 aromatic heterocycles. The van der Waals surface area contributed by atoms with Gasteiger partial charge in [-0.1, -0.05) is 6.07 Å². The summed E-state index contributed by atoms with van der Waals surface area (Å²) in [5.74, 6) is -2.02. The molecule has 0 saturated heterocycles. The lowest BCUT2D eigenvalue weighted by Crippen LogP contribution is -2.32. The topological polar surface area (TPSA) is 118 Å². The highest BCUT2D eigenvalue weighted by Crippen LogP contribution is 2.33. The molecule has 9 nitrogen and oxygen atoms in total. The number of carbonyl (C=O) groups is 3. The second kappa shape index (κ2) is 12.8. The van der Waals surface area contributed by atoms with Crippen molar-refractivity contribution < 1.29 is 28.2 Å². The minimum atomic E-state index is -1.00. The van der Waals surface area contributed by atoms with E-state index in [4.69, 9.17) is 9.47 Å². The van der Waals surface area contributed by atoms with Gasteiger partial charge >= 0.3 is 11.8 Å². The van der Waals surface area contributed by atoms with E-state index in [9.17, 15) is 18.8 Å². The number of hydrogen-bond acceptors (Lipinski definition) is 6. The van der Waals surface area contributed by atoms with Gasteiger partial charge in [-0.2, -0.15) is 5.10 Å². The van der Waals surface area contributed by atoms with E-state index in [0.29, 0.717) is 26.3 Å². The highest BCUT2D eigenvalue weighted by Gasteiger charge is 2.15. The second-order valence-electron chi connectivity index (χ2n) is 7.83. The van der Waals surface area contributed by atoms with Crippen molar-refractivity contribution in [2.75, 3.05) is 24.4 Å². The molecule has 3 rings (SSSR count). The fourth-order valence-electron chi connectivity index (χ4n) is 3.05. The largest absolute Gasteiger partial charge is 0.493 e. The van der Waals surface area contributed by atoms with Crippen molar-refractivity contribution in [3.8, 4) is 11.5 Å². The zero-order valence-corrected chi connectivity index (χ0v) is 22.4. The van der Waals surface area contributed by atoms with E-state index in [1.807, 2.05) is 54.6 Å². The predicted molar refractivity (Wildman–Crippen MR) is 147 cm³/mol. The van der Waals surface area contributed by atoms with E-state index in [-0.39, 0.29) is 18.2 Å². The summed E-state index contributed by atoms with van der Waals surface area (Å²) < 4.78 is 24.7. The van der Waals surface area contributed by atoms with Gasteiger partial charge in [0.2, 0.25) is 0 Å². The summed E-state index contributed by atoms with van der Waals surface area (Å²) >= 11 is 2.03. The Hall–Kier alpha value is -4.00. The van der Waals surface area contributed by atoms with Crippen LogP contribution in [0.15, 0.2) is 59.7 Å². The average molecular weight is 618 g/mol. The Balaban J connectivity index is 1.58. The van der Waals surface area contributed by atoms with Gasteiger partial charge in [0.1, 0.15) is 5.82 Å². The summed E-state index contributed by atoms with van der Waals surface area (Å²) in [7, 11) is 1.45. The number of hydrogen-bond donors (Lipinski definition) is 3. The maximum Gasteiger partial charge on any atom is 0.329 e. The molecule has 0 aliphatic heterocycles. The fourth-order valence-corrected chi connectivity index (χ4v) is 3.83. The lowest BCUT2D eigenvalue weighted by atomic mass is 10.1. The van der Waals surface area contributed by atoms with Crippen molar-refractivity contribution in [3.63, 3.8) is 0 Å². The lowest BCUT2D eigenvalue weighted by molar-refractivity contribution is -0.136. The maximum absolute atomic E-state index is 13.0. The summed E-state index contributed by atoms with van der Waals surface area (Å²) in [4.78, 5) is 36.3. The van der Waals surface area contributed by atoms with Crippen molar-refractivity contribution in [2.24, 2.45) is 5.10 Å². The van der Waals surface area contributed by atoms with Gasteiger partial charge in [-0.05, 0) is 102 Å². The highest BCUT2D eigenvalue weighted by atomic mass is 127. The van der Waals surface area contributed by atoms with Crippen LogP contribution in [0.25, 0.3) is 0 Å². The van der Waals surface area contributed by atoms with Gasteiger partial charge in [0, 0.05) is 11.4 Å². The number of aryl methyl sites for hydroxylation is 2. The molecule has 37 heavy (non-hydrogen) atoms. The molecular formula is C26H24FIN4O5. The van der Waals surface area contributed by atoms with Gasteiger partial charge in [-0.15, -0.1) is 0 Å². The molecule has 0 spiro atoms. The molecule has 0 radical (unpaired) electrons. The van der Waals surface area contributed by atoms with Crippen molar-refractivity contribution in [3.05, 3.63) is 80.7 Å². The van der Waals surface area contributed by atoms with E-state index in [1.165, 1.54) is 25.5 Å². The molecule has 3 aromatic carbocycles. The van der Waals surface area contributed by atoms with E-state index < -0.39 is 17.6 Å². The van der Waals surface area contributed by atoms with Crippen molar-refractivity contribution in [1.82, 2.24) is 5.43 Å². The molecule has 0 bridgehead atoms. The third-order valence-electron chi connectivity index (χ3n) is 5.08. The number of ether oxygens (including phenoxy) is 2. The van der Waals surface area contributed by atoms with Crippen LogP contribution in [0.1, 0.15) is 16.7 Å². The molecule has 0 heterocycles. The normalized spacial score (nSPS) is 10.6. The first-order valence-corrected chi connectivity index (χ1v) is 12.0. The molecule has 0 saturated carbocycles. The van der Waals surface area contributed by atoms with Crippen LogP contribution in [0.5, 0.6) is 11.5 Å². The molecule has 192 valence electrons. The van der Waals surface area contributed by atoms with Crippen molar-refractivity contribution in [2.45, 2.75) is 13.8 Å². The van der Waals surface area contributed by atoms with Crippen LogP contribution in [0.2, 0.25) is 0 Å². The monoisotopic (exact) mass is 618 g/mol. The molecule has 0 aliphatic rings. The van der Waals surface area contributed by atoms with Crippen molar-refractivity contribution in [1.29, 1.82) is 0 Å².